The second kappa shape index (κ2) is 6.12. The summed E-state index contributed by atoms with van der Waals surface area (Å²) in [5.74, 6) is 0.239. The molecule has 20 heavy (non-hydrogen) atoms. The number of nitrogens with zero attached hydrogens (tertiary/aromatic N) is 2. The van der Waals surface area contributed by atoms with Crippen molar-refractivity contribution in [3.05, 3.63) is 0 Å². The van der Waals surface area contributed by atoms with E-state index >= 15 is 0 Å². The van der Waals surface area contributed by atoms with Crippen molar-refractivity contribution in [2.24, 2.45) is 5.41 Å². The molecule has 5 heteroatoms. The van der Waals surface area contributed by atoms with Crippen molar-refractivity contribution in [3.63, 3.8) is 0 Å². The van der Waals surface area contributed by atoms with Gasteiger partial charge >= 0.3 is 6.09 Å². The first-order valence-corrected chi connectivity index (χ1v) is 7.22. The van der Waals surface area contributed by atoms with Crippen LogP contribution in [0.2, 0.25) is 0 Å². The van der Waals surface area contributed by atoms with E-state index < -0.39 is 5.60 Å². The van der Waals surface area contributed by atoms with Gasteiger partial charge in [0.25, 0.3) is 0 Å². The molecule has 0 saturated carbocycles. The summed E-state index contributed by atoms with van der Waals surface area (Å²) in [6, 6.07) is 0. The van der Waals surface area contributed by atoms with Gasteiger partial charge in [-0.2, -0.15) is 0 Å². The standard InChI is InChI=1S/C15H28N2O3/c1-14(2,3)12(18)11-16-7-9-17(10-8-16)13(19)20-15(4,5)6/h7-11H2,1-6H3. The van der Waals surface area contributed by atoms with Gasteiger partial charge in [-0.1, -0.05) is 20.8 Å². The number of carbonyl (C=O) groups is 2. The third-order valence-electron chi connectivity index (χ3n) is 3.23. The Kier molecular flexibility index (Phi) is 5.19. The molecule has 0 N–H and O–H groups in total. The first-order chi connectivity index (χ1) is 8.99. The maximum absolute atomic E-state index is 12.0. The minimum atomic E-state index is -0.462. The lowest BCUT2D eigenvalue weighted by Gasteiger charge is -2.36. The summed E-state index contributed by atoms with van der Waals surface area (Å²) in [6.07, 6.45) is -0.265. The Bertz CT molecular complexity index is 358. The first-order valence-electron chi connectivity index (χ1n) is 7.22. The molecule has 1 aliphatic rings. The van der Waals surface area contributed by atoms with Crippen LogP contribution in [0.25, 0.3) is 0 Å². The van der Waals surface area contributed by atoms with Gasteiger partial charge in [-0.05, 0) is 20.8 Å². The summed E-state index contributed by atoms with van der Waals surface area (Å²) in [5, 5.41) is 0. The maximum Gasteiger partial charge on any atom is 0.410 e. The summed E-state index contributed by atoms with van der Waals surface area (Å²) in [6.45, 7) is 14.5. The van der Waals surface area contributed by atoms with Crippen LogP contribution in [-0.2, 0) is 9.53 Å². The van der Waals surface area contributed by atoms with Crippen LogP contribution in [0.1, 0.15) is 41.5 Å². The Labute approximate surface area is 122 Å². The predicted octanol–water partition coefficient (Wildman–Crippen LogP) is 2.15. The molecule has 116 valence electrons. The highest BCUT2D eigenvalue weighted by Crippen LogP contribution is 2.16. The lowest BCUT2D eigenvalue weighted by atomic mass is 9.90. The highest BCUT2D eigenvalue weighted by atomic mass is 16.6. The normalized spacial score (nSPS) is 18.0. The van der Waals surface area contributed by atoms with E-state index in [9.17, 15) is 9.59 Å². The third-order valence-corrected chi connectivity index (χ3v) is 3.23. The van der Waals surface area contributed by atoms with E-state index in [0.717, 1.165) is 13.1 Å². The van der Waals surface area contributed by atoms with E-state index in [0.29, 0.717) is 19.6 Å². The molecule has 1 fully saturated rings. The van der Waals surface area contributed by atoms with Crippen molar-refractivity contribution in [2.45, 2.75) is 47.1 Å². The molecular formula is C15H28N2O3. The molecule has 1 saturated heterocycles. The summed E-state index contributed by atoms with van der Waals surface area (Å²) in [4.78, 5) is 27.7. The Balaban J connectivity index is 2.41. The number of ketones is 1. The van der Waals surface area contributed by atoms with Gasteiger partial charge in [-0.15, -0.1) is 0 Å². The average molecular weight is 284 g/mol. The fraction of sp³-hybridized carbons (Fsp3) is 0.867. The molecule has 0 aromatic carbocycles. The van der Waals surface area contributed by atoms with Crippen molar-refractivity contribution in [1.29, 1.82) is 0 Å². The van der Waals surface area contributed by atoms with Gasteiger partial charge in [0.05, 0.1) is 6.54 Å². The largest absolute Gasteiger partial charge is 0.444 e. The topological polar surface area (TPSA) is 49.9 Å². The number of rotatable bonds is 2. The molecule has 0 bridgehead atoms. The lowest BCUT2D eigenvalue weighted by Crippen LogP contribution is -2.51. The molecule has 0 atom stereocenters. The molecule has 1 aliphatic heterocycles. The number of piperazine rings is 1. The summed E-state index contributed by atoms with van der Waals surface area (Å²) < 4.78 is 5.35. The third kappa shape index (κ3) is 5.49. The first kappa shape index (κ1) is 17.0. The van der Waals surface area contributed by atoms with E-state index in [1.807, 2.05) is 41.5 Å². The minimum Gasteiger partial charge on any atom is -0.444 e. The summed E-state index contributed by atoms with van der Waals surface area (Å²) >= 11 is 0. The Morgan fingerprint density at radius 3 is 1.85 bits per heavy atom. The fourth-order valence-electron chi connectivity index (χ4n) is 1.86. The molecule has 0 spiro atoms. The number of Topliss-reactive ketones (excluding diaryl/α,β-unsaturated/α-hetero) is 1. The molecule has 5 nitrogen and oxygen atoms in total. The van der Waals surface area contributed by atoms with Crippen LogP contribution in [-0.4, -0.2) is 60.0 Å². The van der Waals surface area contributed by atoms with Crippen LogP contribution in [0.4, 0.5) is 4.79 Å². The van der Waals surface area contributed by atoms with Crippen molar-refractivity contribution >= 4 is 11.9 Å². The van der Waals surface area contributed by atoms with Gasteiger partial charge in [-0.25, -0.2) is 4.79 Å². The number of hydrogen-bond donors (Lipinski definition) is 0. The SMILES string of the molecule is CC(C)(C)OC(=O)N1CCN(CC(=O)C(C)(C)C)CC1. The molecule has 0 aromatic rings. The summed E-state index contributed by atoms with van der Waals surface area (Å²) in [7, 11) is 0. The second-order valence-corrected chi connectivity index (χ2v) is 7.42. The second-order valence-electron chi connectivity index (χ2n) is 7.42. The zero-order chi connectivity index (χ0) is 15.6. The average Bonchev–Trinajstić information content (AvgIpc) is 2.26. The molecule has 1 amide bonds. The molecule has 1 rings (SSSR count). The van der Waals surface area contributed by atoms with Gasteiger partial charge in [0.1, 0.15) is 5.60 Å². The monoisotopic (exact) mass is 284 g/mol. The Morgan fingerprint density at radius 2 is 1.45 bits per heavy atom. The molecule has 1 heterocycles. The number of carbonyl (C=O) groups excluding carboxylic acids is 2. The highest BCUT2D eigenvalue weighted by Gasteiger charge is 2.28. The quantitative estimate of drug-likeness (QED) is 0.779. The van der Waals surface area contributed by atoms with Crippen molar-refractivity contribution in [1.82, 2.24) is 9.80 Å². The zero-order valence-electron chi connectivity index (χ0n) is 13.7. The van der Waals surface area contributed by atoms with E-state index in [-0.39, 0.29) is 17.3 Å². The Hall–Kier alpha value is -1.10. The van der Waals surface area contributed by atoms with Gasteiger partial charge < -0.3 is 9.64 Å². The predicted molar refractivity (Wildman–Crippen MR) is 78.7 cm³/mol. The van der Waals surface area contributed by atoms with Gasteiger partial charge in [-0.3, -0.25) is 9.69 Å². The van der Waals surface area contributed by atoms with Gasteiger partial charge in [0, 0.05) is 31.6 Å². The smallest absolute Gasteiger partial charge is 0.410 e. The van der Waals surface area contributed by atoms with E-state index in [2.05, 4.69) is 4.90 Å². The summed E-state index contributed by atoms with van der Waals surface area (Å²) in [5.41, 5.74) is -0.765. The molecule has 0 aliphatic carbocycles. The zero-order valence-corrected chi connectivity index (χ0v) is 13.7. The number of hydrogen-bond acceptors (Lipinski definition) is 4. The van der Waals surface area contributed by atoms with Crippen molar-refractivity contribution in [3.8, 4) is 0 Å². The molecule has 0 aromatic heterocycles. The highest BCUT2D eigenvalue weighted by molar-refractivity contribution is 5.85. The van der Waals surface area contributed by atoms with Gasteiger partial charge in [0.15, 0.2) is 5.78 Å². The molecule has 0 unspecified atom stereocenters. The minimum absolute atomic E-state index is 0.239. The lowest BCUT2D eigenvalue weighted by molar-refractivity contribution is -0.127. The van der Waals surface area contributed by atoms with Crippen LogP contribution >= 0.6 is 0 Å². The van der Waals surface area contributed by atoms with Crippen molar-refractivity contribution in [2.75, 3.05) is 32.7 Å². The maximum atomic E-state index is 12.0. The Morgan fingerprint density at radius 1 is 0.950 bits per heavy atom. The van der Waals surface area contributed by atoms with Crippen LogP contribution in [0.5, 0.6) is 0 Å². The molecular weight excluding hydrogens is 256 g/mol. The van der Waals surface area contributed by atoms with Crippen LogP contribution in [0.3, 0.4) is 0 Å². The fourth-order valence-corrected chi connectivity index (χ4v) is 1.86. The van der Waals surface area contributed by atoms with E-state index in [1.165, 1.54) is 0 Å². The van der Waals surface area contributed by atoms with Crippen LogP contribution in [0, 0.1) is 5.41 Å². The van der Waals surface area contributed by atoms with Crippen molar-refractivity contribution < 1.29 is 14.3 Å². The van der Waals surface area contributed by atoms with Crippen LogP contribution < -0.4 is 0 Å². The van der Waals surface area contributed by atoms with Crippen LogP contribution in [0.15, 0.2) is 0 Å². The van der Waals surface area contributed by atoms with Gasteiger partial charge in [0.2, 0.25) is 0 Å². The van der Waals surface area contributed by atoms with E-state index in [4.69, 9.17) is 4.74 Å². The number of amides is 1. The van der Waals surface area contributed by atoms with E-state index in [1.54, 1.807) is 4.90 Å². The number of ether oxygens (including phenoxy) is 1. The molecule has 0 radical (unpaired) electrons.